The summed E-state index contributed by atoms with van der Waals surface area (Å²) >= 11 is 5.51. The van der Waals surface area contributed by atoms with Crippen LogP contribution in [0.15, 0.2) is 14.8 Å². The van der Waals surface area contributed by atoms with Gasteiger partial charge in [0.05, 0.1) is 0 Å². The molecule has 1 N–H and O–H groups in total. The Bertz CT molecular complexity index is 534. The highest BCUT2D eigenvalue weighted by atomic mass is 35.5. The average Bonchev–Trinajstić information content (AvgIpc) is 2.33. The summed E-state index contributed by atoms with van der Waals surface area (Å²) in [4.78, 5) is 33.9. The molecular formula is C9H13ClN4O3. The third-order valence-corrected chi connectivity index (χ3v) is 2.60. The predicted molar refractivity (Wildman–Crippen MR) is 66.2 cm³/mol. The van der Waals surface area contributed by atoms with Crippen LogP contribution in [0.5, 0.6) is 0 Å². The number of nitroso groups, excluding NO2 is 1. The van der Waals surface area contributed by atoms with Crippen LogP contribution in [-0.2, 0) is 14.1 Å². The Kier molecular flexibility index (Phi) is 4.45. The number of nitrogens with zero attached hydrogens (tertiary/aromatic N) is 3. The van der Waals surface area contributed by atoms with Gasteiger partial charge >= 0.3 is 5.69 Å². The number of anilines is 1. The lowest BCUT2D eigenvalue weighted by atomic mass is 10.4. The van der Waals surface area contributed by atoms with Crippen LogP contribution < -0.4 is 16.6 Å². The Hall–Kier alpha value is -1.63. The summed E-state index contributed by atoms with van der Waals surface area (Å²) in [6, 6.07) is 0. The quantitative estimate of drug-likeness (QED) is 0.475. The van der Waals surface area contributed by atoms with Crippen molar-refractivity contribution in [3.63, 3.8) is 0 Å². The Morgan fingerprint density at radius 2 is 1.94 bits per heavy atom. The van der Waals surface area contributed by atoms with Gasteiger partial charge in [0, 0.05) is 26.5 Å². The van der Waals surface area contributed by atoms with E-state index in [2.05, 4.69) is 10.5 Å². The van der Waals surface area contributed by atoms with Gasteiger partial charge in [-0.25, -0.2) is 4.79 Å². The molecule has 0 aliphatic rings. The van der Waals surface area contributed by atoms with E-state index >= 15 is 0 Å². The van der Waals surface area contributed by atoms with Gasteiger partial charge < -0.3 is 5.32 Å². The fraction of sp³-hybridized carbons (Fsp3) is 0.556. The van der Waals surface area contributed by atoms with Crippen molar-refractivity contribution in [3.05, 3.63) is 25.7 Å². The first kappa shape index (κ1) is 13.4. The van der Waals surface area contributed by atoms with Crippen molar-refractivity contribution in [2.24, 2.45) is 19.3 Å². The first-order valence-corrected chi connectivity index (χ1v) is 5.51. The second-order valence-electron chi connectivity index (χ2n) is 3.46. The van der Waals surface area contributed by atoms with Gasteiger partial charge in [-0.05, 0) is 11.6 Å². The standard InChI is InChI=1S/C9H13ClN4O3/c1-13-7(11-5-3-4-10)6(12-17)8(15)14(2)9(13)16/h11H,3-5H2,1-2H3. The fourth-order valence-corrected chi connectivity index (χ4v) is 1.52. The second-order valence-corrected chi connectivity index (χ2v) is 3.84. The third-order valence-electron chi connectivity index (χ3n) is 2.33. The highest BCUT2D eigenvalue weighted by Gasteiger charge is 2.15. The first-order valence-electron chi connectivity index (χ1n) is 4.97. The largest absolute Gasteiger partial charge is 0.369 e. The van der Waals surface area contributed by atoms with Crippen LogP contribution in [0, 0.1) is 4.91 Å². The van der Waals surface area contributed by atoms with Gasteiger partial charge in [-0.2, -0.15) is 0 Å². The molecule has 1 heterocycles. The van der Waals surface area contributed by atoms with E-state index in [9.17, 15) is 14.5 Å². The summed E-state index contributed by atoms with van der Waals surface area (Å²) in [6.07, 6.45) is 0.642. The van der Waals surface area contributed by atoms with Gasteiger partial charge in [-0.3, -0.25) is 13.9 Å². The normalized spacial score (nSPS) is 10.3. The van der Waals surface area contributed by atoms with Crippen molar-refractivity contribution in [1.82, 2.24) is 9.13 Å². The third kappa shape index (κ3) is 2.55. The zero-order valence-electron chi connectivity index (χ0n) is 9.57. The molecule has 0 atom stereocenters. The average molecular weight is 261 g/mol. The highest BCUT2D eigenvalue weighted by Crippen LogP contribution is 2.16. The Labute approximate surface area is 102 Å². The lowest BCUT2D eigenvalue weighted by Crippen LogP contribution is -2.38. The number of hydrogen-bond acceptors (Lipinski definition) is 5. The second kappa shape index (κ2) is 5.62. The molecule has 1 rings (SSSR count). The van der Waals surface area contributed by atoms with Crippen LogP contribution >= 0.6 is 11.6 Å². The molecule has 0 aliphatic carbocycles. The van der Waals surface area contributed by atoms with Crippen molar-refractivity contribution < 1.29 is 0 Å². The van der Waals surface area contributed by atoms with Crippen LogP contribution in [-0.4, -0.2) is 21.6 Å². The topological polar surface area (TPSA) is 85.5 Å². The van der Waals surface area contributed by atoms with E-state index in [0.29, 0.717) is 18.8 Å². The molecule has 0 saturated carbocycles. The van der Waals surface area contributed by atoms with Crippen molar-refractivity contribution in [2.75, 3.05) is 17.7 Å². The molecule has 0 fully saturated rings. The van der Waals surface area contributed by atoms with Crippen LogP contribution in [0.3, 0.4) is 0 Å². The number of hydrogen-bond donors (Lipinski definition) is 1. The SMILES string of the molecule is Cn1c(NCCCCl)c(N=O)c(=O)n(C)c1=O. The molecule has 17 heavy (non-hydrogen) atoms. The summed E-state index contributed by atoms with van der Waals surface area (Å²) in [7, 11) is 2.75. The Balaban J connectivity index is 3.32. The van der Waals surface area contributed by atoms with E-state index in [1.807, 2.05) is 0 Å². The van der Waals surface area contributed by atoms with Crippen molar-refractivity contribution in [1.29, 1.82) is 0 Å². The lowest BCUT2D eigenvalue weighted by molar-refractivity contribution is 0.689. The van der Waals surface area contributed by atoms with E-state index < -0.39 is 11.2 Å². The fourth-order valence-electron chi connectivity index (χ4n) is 1.38. The highest BCUT2D eigenvalue weighted by molar-refractivity contribution is 6.17. The van der Waals surface area contributed by atoms with Gasteiger partial charge in [-0.1, -0.05) is 0 Å². The van der Waals surface area contributed by atoms with Crippen LogP contribution in [0.4, 0.5) is 11.5 Å². The molecule has 0 unspecified atom stereocenters. The number of nitrogens with one attached hydrogen (secondary N) is 1. The molecule has 0 spiro atoms. The van der Waals surface area contributed by atoms with E-state index in [1.54, 1.807) is 0 Å². The van der Waals surface area contributed by atoms with Crippen molar-refractivity contribution in [3.8, 4) is 0 Å². The number of aromatic nitrogens is 2. The van der Waals surface area contributed by atoms with E-state index in [-0.39, 0.29) is 11.5 Å². The monoisotopic (exact) mass is 260 g/mol. The number of alkyl halides is 1. The Morgan fingerprint density at radius 1 is 1.29 bits per heavy atom. The summed E-state index contributed by atoms with van der Waals surface area (Å²) in [5, 5.41) is 5.49. The predicted octanol–water partition coefficient (Wildman–Crippen LogP) is 0.523. The molecular weight excluding hydrogens is 248 g/mol. The molecule has 0 amide bonds. The minimum Gasteiger partial charge on any atom is -0.369 e. The number of rotatable bonds is 5. The molecule has 7 nitrogen and oxygen atoms in total. The van der Waals surface area contributed by atoms with Crippen LogP contribution in [0.2, 0.25) is 0 Å². The summed E-state index contributed by atoms with van der Waals surface area (Å²) in [5.41, 5.74) is -1.53. The zero-order chi connectivity index (χ0) is 13.0. The molecule has 0 radical (unpaired) electrons. The molecule has 0 aromatic carbocycles. The van der Waals surface area contributed by atoms with Crippen molar-refractivity contribution >= 4 is 23.1 Å². The molecule has 8 heteroatoms. The van der Waals surface area contributed by atoms with Gasteiger partial charge in [0.25, 0.3) is 5.56 Å². The maximum absolute atomic E-state index is 11.6. The molecule has 0 aliphatic heterocycles. The Morgan fingerprint density at radius 3 is 2.47 bits per heavy atom. The minimum atomic E-state index is -0.712. The smallest absolute Gasteiger partial charge is 0.332 e. The van der Waals surface area contributed by atoms with E-state index in [0.717, 1.165) is 4.57 Å². The van der Waals surface area contributed by atoms with Crippen LogP contribution in [0.25, 0.3) is 0 Å². The lowest BCUT2D eigenvalue weighted by Gasteiger charge is -2.12. The molecule has 0 saturated heterocycles. The van der Waals surface area contributed by atoms with Crippen molar-refractivity contribution in [2.45, 2.75) is 6.42 Å². The molecule has 0 bridgehead atoms. The minimum absolute atomic E-state index is 0.123. The summed E-state index contributed by atoms with van der Waals surface area (Å²) in [5.74, 6) is 0.563. The maximum atomic E-state index is 11.6. The van der Waals surface area contributed by atoms with Gasteiger partial charge in [-0.15, -0.1) is 16.5 Å². The molecule has 1 aromatic heterocycles. The number of halogens is 1. The summed E-state index contributed by atoms with van der Waals surface area (Å²) in [6.45, 7) is 0.451. The van der Waals surface area contributed by atoms with Gasteiger partial charge in [0.2, 0.25) is 5.69 Å². The van der Waals surface area contributed by atoms with Gasteiger partial charge in [0.15, 0.2) is 0 Å². The van der Waals surface area contributed by atoms with Gasteiger partial charge in [0.1, 0.15) is 5.82 Å². The maximum Gasteiger partial charge on any atom is 0.332 e. The van der Waals surface area contributed by atoms with E-state index in [1.165, 1.54) is 18.7 Å². The first-order chi connectivity index (χ1) is 8.04. The molecule has 1 aromatic rings. The summed E-state index contributed by atoms with van der Waals surface area (Å²) < 4.78 is 2.01. The van der Waals surface area contributed by atoms with Crippen LogP contribution in [0.1, 0.15) is 6.42 Å². The van der Waals surface area contributed by atoms with E-state index in [4.69, 9.17) is 11.6 Å². The zero-order valence-corrected chi connectivity index (χ0v) is 10.3. The molecule has 94 valence electrons.